The number of amides is 1. The molecule has 5 heterocycles. The smallest absolute Gasteiger partial charge is 0.316 e. The van der Waals surface area contributed by atoms with Crippen molar-refractivity contribution in [2.75, 3.05) is 32.6 Å². The van der Waals surface area contributed by atoms with Crippen LogP contribution in [0.15, 0.2) is 35.5 Å². The van der Waals surface area contributed by atoms with E-state index in [0.717, 1.165) is 9.75 Å². The molecule has 332 valence electrons. The van der Waals surface area contributed by atoms with E-state index < -0.39 is 71.4 Å². The predicted molar refractivity (Wildman–Crippen MR) is 226 cm³/mol. The number of hydrogen-bond acceptors (Lipinski definition) is 16. The van der Waals surface area contributed by atoms with Gasteiger partial charge in [0.2, 0.25) is 5.91 Å². The van der Waals surface area contributed by atoms with E-state index >= 15 is 0 Å². The van der Waals surface area contributed by atoms with Crippen LogP contribution in [0.2, 0.25) is 0 Å². The lowest BCUT2D eigenvalue weighted by atomic mass is 9.76. The number of aliphatic hydroxyl groups excluding tert-OH is 1. The molecule has 2 aromatic rings. The zero-order chi connectivity index (χ0) is 44.1. The summed E-state index contributed by atoms with van der Waals surface area (Å²) >= 11 is 1.45. The van der Waals surface area contributed by atoms with Crippen molar-refractivity contribution in [3.8, 4) is 10.6 Å². The molecule has 0 radical (unpaired) electrons. The van der Waals surface area contributed by atoms with Gasteiger partial charge in [-0.25, -0.2) is 4.98 Å². The molecule has 0 aliphatic carbocycles. The lowest BCUT2D eigenvalue weighted by Gasteiger charge is -2.47. The second kappa shape index (κ2) is 20.0. The molecule has 3 aliphatic rings. The Morgan fingerprint density at radius 1 is 1.13 bits per heavy atom. The van der Waals surface area contributed by atoms with Crippen molar-refractivity contribution in [1.29, 1.82) is 5.41 Å². The SMILES string of the molecule is CC[C@H]1OC(=O)[C@H](C)C(=O)[C@H](C)[C@@H](O[C@@H]2O[C@H](C)C[C@H](N(C)C)[C@H]2O)[C@@]2(C)C[C@@H](C)C(=N)C[C@@H](OC/C(=N/OCc3ccc(-c4cccc(NC(C)=O)n4)s3)CO2)[C@]1(C)O. The molecule has 60 heavy (non-hydrogen) atoms. The Kier molecular flexibility index (Phi) is 15.8. The minimum Gasteiger partial charge on any atom is -0.459 e. The van der Waals surface area contributed by atoms with Crippen LogP contribution in [-0.4, -0.2) is 131 Å². The molecule has 0 spiro atoms. The number of nitrogens with zero attached hydrogens (tertiary/aromatic N) is 3. The van der Waals surface area contributed by atoms with E-state index in [4.69, 9.17) is 28.5 Å². The predicted octanol–water partition coefficient (Wildman–Crippen LogP) is 4.99. The number of likely N-dealkylation sites (N-methyl/N-ethyl adjacent to an activating group) is 1. The van der Waals surface area contributed by atoms with Crippen LogP contribution in [-0.2, 0) is 49.5 Å². The summed E-state index contributed by atoms with van der Waals surface area (Å²) in [6.45, 7) is 13.1. The number of fused-ring (bicyclic) bond motifs is 5. The molecule has 0 unspecified atom stereocenters. The van der Waals surface area contributed by atoms with Crippen LogP contribution in [0.3, 0.4) is 0 Å². The number of rotatable bonds is 9. The molecule has 5 rings (SSSR count). The van der Waals surface area contributed by atoms with Gasteiger partial charge in [-0.3, -0.25) is 14.4 Å². The number of nitrogens with one attached hydrogen (secondary N) is 2. The first kappa shape index (κ1) is 47.4. The number of ketones is 1. The van der Waals surface area contributed by atoms with E-state index in [2.05, 4.69) is 15.5 Å². The van der Waals surface area contributed by atoms with Crippen molar-refractivity contribution < 1.29 is 53.1 Å². The zero-order valence-electron chi connectivity index (χ0n) is 36.4. The van der Waals surface area contributed by atoms with Gasteiger partial charge >= 0.3 is 5.97 Å². The Morgan fingerprint density at radius 2 is 1.87 bits per heavy atom. The highest BCUT2D eigenvalue weighted by Gasteiger charge is 2.51. The van der Waals surface area contributed by atoms with Crippen molar-refractivity contribution >= 4 is 46.2 Å². The van der Waals surface area contributed by atoms with Gasteiger partial charge in [-0.1, -0.05) is 32.0 Å². The van der Waals surface area contributed by atoms with Gasteiger partial charge in [0.05, 0.1) is 47.7 Å². The number of aromatic nitrogens is 1. The van der Waals surface area contributed by atoms with Crippen LogP contribution in [0.5, 0.6) is 0 Å². The van der Waals surface area contributed by atoms with Gasteiger partial charge in [-0.2, -0.15) is 0 Å². The molecule has 3 saturated heterocycles. The molecule has 4 N–H and O–H groups in total. The van der Waals surface area contributed by atoms with Crippen LogP contribution in [0.4, 0.5) is 5.82 Å². The first-order chi connectivity index (χ1) is 28.2. The summed E-state index contributed by atoms with van der Waals surface area (Å²) in [5, 5.41) is 40.1. The van der Waals surface area contributed by atoms with Gasteiger partial charge in [-0.05, 0) is 91.2 Å². The monoisotopic (exact) mass is 857 g/mol. The second-order valence-electron chi connectivity index (χ2n) is 17.1. The van der Waals surface area contributed by atoms with Gasteiger partial charge in [0.1, 0.15) is 35.3 Å². The van der Waals surface area contributed by atoms with E-state index in [9.17, 15) is 30.0 Å². The number of carbonyl (C=O) groups is 3. The van der Waals surface area contributed by atoms with Gasteiger partial charge < -0.3 is 54.4 Å². The second-order valence-corrected chi connectivity index (χ2v) is 18.3. The number of ether oxygens (including phenoxy) is 5. The Hall–Kier alpha value is -3.68. The number of carbonyl (C=O) groups excluding carboxylic acids is 3. The van der Waals surface area contributed by atoms with Gasteiger partial charge in [-0.15, -0.1) is 11.3 Å². The maximum atomic E-state index is 14.4. The number of esters is 1. The van der Waals surface area contributed by atoms with Crippen LogP contribution >= 0.6 is 11.3 Å². The maximum absolute atomic E-state index is 14.4. The molecule has 1 amide bonds. The molecule has 3 fully saturated rings. The lowest BCUT2D eigenvalue weighted by molar-refractivity contribution is -0.296. The highest BCUT2D eigenvalue weighted by Crippen LogP contribution is 2.39. The number of pyridine rings is 1. The molecule has 2 aromatic heterocycles. The van der Waals surface area contributed by atoms with Crippen LogP contribution in [0.1, 0.15) is 86.0 Å². The average Bonchev–Trinajstić information content (AvgIpc) is 3.66. The van der Waals surface area contributed by atoms with Crippen LogP contribution < -0.4 is 5.32 Å². The molecule has 0 aromatic carbocycles. The van der Waals surface area contributed by atoms with Gasteiger partial charge in [0, 0.05) is 35.9 Å². The molecular formula is C43H63N5O11S. The van der Waals surface area contributed by atoms with E-state index in [0.29, 0.717) is 23.6 Å². The Labute approximate surface area is 356 Å². The molecule has 3 aliphatic heterocycles. The number of anilines is 1. The minimum atomic E-state index is -1.78. The summed E-state index contributed by atoms with van der Waals surface area (Å²) in [7, 11) is 3.74. The highest BCUT2D eigenvalue weighted by molar-refractivity contribution is 7.15. The lowest BCUT2D eigenvalue weighted by Crippen LogP contribution is -2.59. The summed E-state index contributed by atoms with van der Waals surface area (Å²) in [4.78, 5) is 53.7. The average molecular weight is 858 g/mol. The summed E-state index contributed by atoms with van der Waals surface area (Å²) in [6, 6.07) is 8.87. The van der Waals surface area contributed by atoms with Crippen molar-refractivity contribution in [3.05, 3.63) is 35.2 Å². The fourth-order valence-electron chi connectivity index (χ4n) is 8.28. The molecule has 0 saturated carbocycles. The summed E-state index contributed by atoms with van der Waals surface area (Å²) in [5.41, 5.74) is -1.88. The summed E-state index contributed by atoms with van der Waals surface area (Å²) in [6.07, 6.45) is -4.82. The normalized spacial score (nSPS) is 35.6. The number of thiophene rings is 1. The Morgan fingerprint density at radius 3 is 2.55 bits per heavy atom. The van der Waals surface area contributed by atoms with Crippen LogP contribution in [0, 0.1) is 23.2 Å². The van der Waals surface area contributed by atoms with E-state index in [1.807, 2.05) is 57.1 Å². The van der Waals surface area contributed by atoms with Crippen molar-refractivity contribution in [1.82, 2.24) is 9.88 Å². The van der Waals surface area contributed by atoms with Gasteiger partial charge in [0.25, 0.3) is 0 Å². The van der Waals surface area contributed by atoms with E-state index in [1.165, 1.54) is 32.1 Å². The first-order valence-electron chi connectivity index (χ1n) is 20.7. The number of oxime groups is 1. The molecule has 17 heteroatoms. The largest absolute Gasteiger partial charge is 0.459 e. The van der Waals surface area contributed by atoms with Crippen molar-refractivity contribution in [2.45, 2.75) is 142 Å². The topological polar surface area (TPSA) is 211 Å². The molecular weight excluding hydrogens is 795 g/mol. The van der Waals surface area contributed by atoms with Crippen molar-refractivity contribution in [3.63, 3.8) is 0 Å². The number of Topliss-reactive ketones (excluding diaryl/α,β-unsaturated/α-hetero) is 1. The third-order valence-electron chi connectivity index (χ3n) is 11.9. The summed E-state index contributed by atoms with van der Waals surface area (Å²) < 4.78 is 32.1. The highest BCUT2D eigenvalue weighted by atomic mass is 32.1. The number of cyclic esters (lactones) is 1. The fraction of sp³-hybridized carbons (Fsp3) is 0.674. The third-order valence-corrected chi connectivity index (χ3v) is 13.0. The van der Waals surface area contributed by atoms with Crippen molar-refractivity contribution in [2.24, 2.45) is 22.9 Å². The van der Waals surface area contributed by atoms with Crippen LogP contribution in [0.25, 0.3) is 10.6 Å². The minimum absolute atomic E-state index is 0.0103. The molecule has 16 nitrogen and oxygen atoms in total. The molecule has 2 bridgehead atoms. The van der Waals surface area contributed by atoms with E-state index in [1.54, 1.807) is 26.8 Å². The quantitative estimate of drug-likeness (QED) is 0.149. The Balaban J connectivity index is 1.53. The Bertz CT molecular complexity index is 1870. The standard InChI is InChI=1S/C43H63N5O11S/c1-11-34-43(8,53)35-18-30(44)23(2)19-42(7,39(25(4)37(50)26(5)40(52)58-34)59-41-38(51)32(48(9)10)17-24(3)57-41)55-21-28(20-54-35)47-56-22-29-15-16-33(60-29)31-13-12-14-36(46-31)45-27(6)49/h12-16,23-26,32,34-35,38-39,41,44,51,53H,11,17-22H2,1-10H3,(H,45,46,49)/b44-30?,47-28-/t23-,24-,25+,26-,32+,34-,35-,38-,39-,41+,42-,43-/m1/s1. The number of aliphatic hydroxyl groups is 2. The summed E-state index contributed by atoms with van der Waals surface area (Å²) in [5.74, 6) is -3.77. The maximum Gasteiger partial charge on any atom is 0.316 e. The zero-order valence-corrected chi connectivity index (χ0v) is 37.2. The third kappa shape index (κ3) is 11.2. The van der Waals surface area contributed by atoms with E-state index in [-0.39, 0.29) is 62.8 Å². The fourth-order valence-corrected chi connectivity index (χ4v) is 9.16. The number of hydrogen-bond donors (Lipinski definition) is 4. The van der Waals surface area contributed by atoms with Gasteiger partial charge in [0.15, 0.2) is 18.7 Å². The molecule has 12 atom stereocenters. The first-order valence-corrected chi connectivity index (χ1v) is 21.5.